The molecule has 17 heavy (non-hydrogen) atoms. The largest absolute Gasteiger partial charge is 0.396 e. The van der Waals surface area contributed by atoms with Crippen LogP contribution in [0, 0.1) is 0 Å². The molecule has 0 aliphatic rings. The van der Waals surface area contributed by atoms with Crippen LogP contribution >= 0.6 is 0 Å². The van der Waals surface area contributed by atoms with E-state index in [-0.39, 0.29) is 12.2 Å². The van der Waals surface area contributed by atoms with E-state index < -0.39 is 0 Å². The molecule has 1 N–H and O–H groups in total. The zero-order valence-electron chi connectivity index (χ0n) is 10.6. The number of unbranched alkanes of at least 4 members (excludes halogenated alkanes) is 2. The molecule has 0 bridgehead atoms. The van der Waals surface area contributed by atoms with Crippen molar-refractivity contribution < 1.29 is 5.11 Å². The predicted molar refractivity (Wildman–Crippen MR) is 68.4 cm³/mol. The maximum Gasteiger partial charge on any atom is 0.293 e. The van der Waals surface area contributed by atoms with E-state index in [9.17, 15) is 4.79 Å². The van der Waals surface area contributed by atoms with E-state index in [1.54, 1.807) is 17.0 Å². The Morgan fingerprint density at radius 2 is 2.18 bits per heavy atom. The van der Waals surface area contributed by atoms with E-state index in [1.807, 2.05) is 18.9 Å². The minimum Gasteiger partial charge on any atom is -0.396 e. The summed E-state index contributed by atoms with van der Waals surface area (Å²) in [6.45, 7) is 3.62. The van der Waals surface area contributed by atoms with E-state index >= 15 is 0 Å². The molecule has 0 aliphatic carbocycles. The molecule has 0 aromatic carbocycles. The number of rotatable bonds is 7. The number of aromatic nitrogens is 2. The summed E-state index contributed by atoms with van der Waals surface area (Å²) in [4.78, 5) is 18.0. The lowest BCUT2D eigenvalue weighted by Crippen LogP contribution is -2.30. The number of anilines is 1. The summed E-state index contributed by atoms with van der Waals surface area (Å²) in [5.41, 5.74) is -0.0420. The van der Waals surface area contributed by atoms with Crippen LogP contribution in [0.1, 0.15) is 26.2 Å². The summed E-state index contributed by atoms with van der Waals surface area (Å²) in [5.74, 6) is 0.498. The molecule has 1 rings (SSSR count). The van der Waals surface area contributed by atoms with Gasteiger partial charge in [-0.2, -0.15) is 0 Å². The summed E-state index contributed by atoms with van der Waals surface area (Å²) in [6, 6.07) is 0. The molecule has 0 aliphatic heterocycles. The third-order valence-electron chi connectivity index (χ3n) is 2.75. The monoisotopic (exact) mass is 239 g/mol. The molecular formula is C12H21N3O2. The minimum absolute atomic E-state index is 0.0420. The highest BCUT2D eigenvalue weighted by Crippen LogP contribution is 2.03. The van der Waals surface area contributed by atoms with Crippen molar-refractivity contribution in [1.29, 1.82) is 0 Å². The second kappa shape index (κ2) is 7.06. The van der Waals surface area contributed by atoms with Gasteiger partial charge in [0.25, 0.3) is 5.56 Å². The van der Waals surface area contributed by atoms with Gasteiger partial charge in [0.2, 0.25) is 0 Å². The maximum absolute atomic E-state index is 11.9. The first-order chi connectivity index (χ1) is 8.20. The third-order valence-corrected chi connectivity index (χ3v) is 2.75. The minimum atomic E-state index is -0.0420. The number of hydrogen-bond acceptors (Lipinski definition) is 4. The van der Waals surface area contributed by atoms with Crippen molar-refractivity contribution >= 4 is 5.82 Å². The number of nitrogens with zero attached hydrogens (tertiary/aromatic N) is 3. The highest BCUT2D eigenvalue weighted by molar-refractivity contribution is 5.33. The molecule has 0 radical (unpaired) electrons. The van der Waals surface area contributed by atoms with Crippen molar-refractivity contribution in [3.8, 4) is 0 Å². The molecule has 1 aromatic rings. The van der Waals surface area contributed by atoms with Crippen LogP contribution in [-0.2, 0) is 6.54 Å². The average molecular weight is 239 g/mol. The van der Waals surface area contributed by atoms with Gasteiger partial charge in [-0.3, -0.25) is 4.79 Å². The van der Waals surface area contributed by atoms with Crippen LogP contribution in [0.4, 0.5) is 5.82 Å². The Morgan fingerprint density at radius 3 is 2.82 bits per heavy atom. The van der Waals surface area contributed by atoms with Gasteiger partial charge in [-0.25, -0.2) is 4.98 Å². The van der Waals surface area contributed by atoms with E-state index in [0.717, 1.165) is 25.8 Å². The second-order valence-electron chi connectivity index (χ2n) is 4.05. The Bertz CT molecular complexity index is 390. The van der Waals surface area contributed by atoms with Crippen molar-refractivity contribution in [2.24, 2.45) is 0 Å². The normalized spacial score (nSPS) is 10.5. The van der Waals surface area contributed by atoms with Crippen LogP contribution in [-0.4, -0.2) is 34.9 Å². The van der Waals surface area contributed by atoms with Gasteiger partial charge in [0.1, 0.15) is 0 Å². The summed E-state index contributed by atoms with van der Waals surface area (Å²) in [5, 5.41) is 8.68. The highest BCUT2D eigenvalue weighted by Gasteiger charge is 2.08. The highest BCUT2D eigenvalue weighted by atomic mass is 16.2. The summed E-state index contributed by atoms with van der Waals surface area (Å²) in [6.07, 6.45) is 6.10. The van der Waals surface area contributed by atoms with Gasteiger partial charge in [0.05, 0.1) is 0 Å². The molecule has 0 amide bonds. The molecule has 0 saturated heterocycles. The number of aliphatic hydroxyl groups excluding tert-OH is 1. The average Bonchev–Trinajstić information content (AvgIpc) is 2.34. The molecule has 5 nitrogen and oxygen atoms in total. The van der Waals surface area contributed by atoms with Gasteiger partial charge >= 0.3 is 0 Å². The van der Waals surface area contributed by atoms with Gasteiger partial charge in [0.15, 0.2) is 5.82 Å². The number of aryl methyl sites for hydroxylation is 1. The lowest BCUT2D eigenvalue weighted by molar-refractivity contribution is 0.283. The molecule has 0 atom stereocenters. The van der Waals surface area contributed by atoms with Crippen molar-refractivity contribution in [2.75, 3.05) is 25.1 Å². The van der Waals surface area contributed by atoms with Crippen LogP contribution in [0.2, 0.25) is 0 Å². The van der Waals surface area contributed by atoms with Gasteiger partial charge in [-0.1, -0.05) is 0 Å². The second-order valence-corrected chi connectivity index (χ2v) is 4.05. The van der Waals surface area contributed by atoms with Gasteiger partial charge < -0.3 is 14.6 Å². The van der Waals surface area contributed by atoms with Crippen molar-refractivity contribution in [3.05, 3.63) is 22.7 Å². The van der Waals surface area contributed by atoms with E-state index in [0.29, 0.717) is 12.4 Å². The summed E-state index contributed by atoms with van der Waals surface area (Å²) >= 11 is 0. The van der Waals surface area contributed by atoms with Crippen LogP contribution in [0.3, 0.4) is 0 Å². The third kappa shape index (κ3) is 3.85. The zero-order chi connectivity index (χ0) is 12.7. The molecule has 0 fully saturated rings. The summed E-state index contributed by atoms with van der Waals surface area (Å²) < 4.78 is 1.65. The molecule has 0 spiro atoms. The smallest absolute Gasteiger partial charge is 0.293 e. The first kappa shape index (κ1) is 13.7. The van der Waals surface area contributed by atoms with Crippen molar-refractivity contribution in [2.45, 2.75) is 32.7 Å². The Kier molecular flexibility index (Phi) is 5.69. The van der Waals surface area contributed by atoms with E-state index in [1.165, 1.54) is 0 Å². The van der Waals surface area contributed by atoms with Crippen molar-refractivity contribution in [1.82, 2.24) is 9.55 Å². The molecule has 0 unspecified atom stereocenters. The van der Waals surface area contributed by atoms with E-state index in [4.69, 9.17) is 5.11 Å². The van der Waals surface area contributed by atoms with Crippen molar-refractivity contribution in [3.63, 3.8) is 0 Å². The number of aliphatic hydroxyl groups is 1. The SMILES string of the molecule is CCn1ccnc(N(C)CCCCCO)c1=O. The Morgan fingerprint density at radius 1 is 1.41 bits per heavy atom. The Labute approximate surface area is 102 Å². The lowest BCUT2D eigenvalue weighted by Gasteiger charge is -2.17. The topological polar surface area (TPSA) is 58.4 Å². The Balaban J connectivity index is 2.62. The van der Waals surface area contributed by atoms with Gasteiger partial charge in [-0.05, 0) is 26.2 Å². The maximum atomic E-state index is 11.9. The standard InChI is InChI=1S/C12H21N3O2/c1-3-15-9-7-13-11(12(15)17)14(2)8-5-4-6-10-16/h7,9,16H,3-6,8,10H2,1-2H3. The van der Waals surface area contributed by atoms with E-state index in [2.05, 4.69) is 4.98 Å². The van der Waals surface area contributed by atoms with Crippen LogP contribution in [0.15, 0.2) is 17.2 Å². The fourth-order valence-electron chi connectivity index (χ4n) is 1.69. The first-order valence-corrected chi connectivity index (χ1v) is 6.08. The first-order valence-electron chi connectivity index (χ1n) is 6.08. The molecule has 1 heterocycles. The lowest BCUT2D eigenvalue weighted by atomic mass is 10.2. The van der Waals surface area contributed by atoms with Crippen LogP contribution < -0.4 is 10.5 Å². The fraction of sp³-hybridized carbons (Fsp3) is 0.667. The zero-order valence-corrected chi connectivity index (χ0v) is 10.6. The van der Waals surface area contributed by atoms with Crippen LogP contribution in [0.5, 0.6) is 0 Å². The predicted octanol–water partition coefficient (Wildman–Crippen LogP) is 0.862. The Hall–Kier alpha value is -1.36. The van der Waals surface area contributed by atoms with Crippen LogP contribution in [0.25, 0.3) is 0 Å². The molecule has 0 saturated carbocycles. The van der Waals surface area contributed by atoms with Gasteiger partial charge in [0, 0.05) is 39.1 Å². The molecule has 1 aromatic heterocycles. The fourth-order valence-corrected chi connectivity index (χ4v) is 1.69. The molecule has 96 valence electrons. The molecule has 5 heteroatoms. The summed E-state index contributed by atoms with van der Waals surface area (Å²) in [7, 11) is 1.88. The quantitative estimate of drug-likeness (QED) is 0.717. The van der Waals surface area contributed by atoms with Gasteiger partial charge in [-0.15, -0.1) is 0 Å². The number of hydrogen-bond donors (Lipinski definition) is 1. The molecular weight excluding hydrogens is 218 g/mol.